The van der Waals surface area contributed by atoms with E-state index >= 15 is 0 Å². The van der Waals surface area contributed by atoms with E-state index in [4.69, 9.17) is 0 Å². The number of tetrazole rings is 1. The Morgan fingerprint density at radius 2 is 2.32 bits per heavy atom. The molecule has 0 saturated heterocycles. The maximum Gasteiger partial charge on any atom is 0.204 e. The van der Waals surface area contributed by atoms with E-state index in [0.29, 0.717) is 12.4 Å². The van der Waals surface area contributed by atoms with Crippen LogP contribution in [0.1, 0.15) is 10.7 Å². The topological polar surface area (TPSA) is 79.4 Å². The summed E-state index contributed by atoms with van der Waals surface area (Å²) < 4.78 is 0. The number of rotatable bonds is 4. The van der Waals surface area contributed by atoms with E-state index in [1.54, 1.807) is 11.3 Å². The predicted octanol–water partition coefficient (Wildman–Crippen LogP) is 2.24. The van der Waals surface area contributed by atoms with Gasteiger partial charge < -0.3 is 5.32 Å². The van der Waals surface area contributed by atoms with Crippen LogP contribution in [0.4, 0.5) is 5.69 Å². The summed E-state index contributed by atoms with van der Waals surface area (Å²) in [5.41, 5.74) is 2.98. The van der Waals surface area contributed by atoms with Crippen LogP contribution in [-0.2, 0) is 6.54 Å². The van der Waals surface area contributed by atoms with Gasteiger partial charge in [0.15, 0.2) is 0 Å². The molecule has 0 atom stereocenters. The zero-order valence-electron chi connectivity index (χ0n) is 10.3. The van der Waals surface area contributed by atoms with E-state index in [9.17, 15) is 0 Å². The summed E-state index contributed by atoms with van der Waals surface area (Å²) >= 11 is 1.66. The van der Waals surface area contributed by atoms with Crippen LogP contribution in [-0.4, -0.2) is 25.6 Å². The van der Waals surface area contributed by atoms with E-state index in [1.807, 2.05) is 31.2 Å². The van der Waals surface area contributed by atoms with E-state index < -0.39 is 0 Å². The highest BCUT2D eigenvalue weighted by atomic mass is 32.1. The fourth-order valence-electron chi connectivity index (χ4n) is 1.73. The summed E-state index contributed by atoms with van der Waals surface area (Å²) in [6.45, 7) is 2.71. The number of hydrogen-bond acceptors (Lipinski definition) is 6. The molecule has 0 unspecified atom stereocenters. The van der Waals surface area contributed by atoms with Gasteiger partial charge in [-0.05, 0) is 24.3 Å². The Labute approximate surface area is 113 Å². The van der Waals surface area contributed by atoms with Crippen LogP contribution in [0.25, 0.3) is 11.4 Å². The maximum atomic E-state index is 4.41. The third-order valence-electron chi connectivity index (χ3n) is 2.61. The molecule has 19 heavy (non-hydrogen) atoms. The fraction of sp³-hybridized carbons (Fsp3) is 0.167. The third kappa shape index (κ3) is 2.76. The van der Waals surface area contributed by atoms with Gasteiger partial charge in [0.2, 0.25) is 5.82 Å². The van der Waals surface area contributed by atoms with Crippen LogP contribution in [0, 0.1) is 6.92 Å². The molecule has 0 spiro atoms. The largest absolute Gasteiger partial charge is 0.379 e. The van der Waals surface area contributed by atoms with Crippen LogP contribution in [0.15, 0.2) is 29.6 Å². The first-order chi connectivity index (χ1) is 9.31. The van der Waals surface area contributed by atoms with Crippen molar-refractivity contribution in [2.24, 2.45) is 0 Å². The van der Waals surface area contributed by atoms with Gasteiger partial charge in [-0.25, -0.2) is 4.98 Å². The van der Waals surface area contributed by atoms with E-state index in [1.165, 1.54) is 0 Å². The molecule has 0 aliphatic rings. The van der Waals surface area contributed by atoms with E-state index in [0.717, 1.165) is 22.0 Å². The van der Waals surface area contributed by atoms with Gasteiger partial charge >= 0.3 is 0 Å². The first-order valence-electron chi connectivity index (χ1n) is 5.80. The van der Waals surface area contributed by atoms with Gasteiger partial charge in [0.1, 0.15) is 0 Å². The van der Waals surface area contributed by atoms with Crippen LogP contribution in [0.3, 0.4) is 0 Å². The second kappa shape index (κ2) is 5.15. The average molecular weight is 272 g/mol. The molecule has 0 aliphatic carbocycles. The van der Waals surface area contributed by atoms with Crippen molar-refractivity contribution in [1.29, 1.82) is 0 Å². The SMILES string of the molecule is Cc1nc(CNc2cccc(-c3nn[nH]n3)c2)cs1. The van der Waals surface area contributed by atoms with Crippen molar-refractivity contribution < 1.29 is 0 Å². The quantitative estimate of drug-likeness (QED) is 0.761. The smallest absolute Gasteiger partial charge is 0.204 e. The molecule has 2 heterocycles. The Morgan fingerprint density at radius 3 is 3.05 bits per heavy atom. The van der Waals surface area contributed by atoms with Gasteiger partial charge in [0, 0.05) is 16.6 Å². The van der Waals surface area contributed by atoms with Crippen molar-refractivity contribution in [2.75, 3.05) is 5.32 Å². The van der Waals surface area contributed by atoms with Crippen LogP contribution in [0.5, 0.6) is 0 Å². The monoisotopic (exact) mass is 272 g/mol. The van der Waals surface area contributed by atoms with Crippen molar-refractivity contribution in [3.63, 3.8) is 0 Å². The van der Waals surface area contributed by atoms with E-state index in [2.05, 4.69) is 36.3 Å². The molecule has 1 aromatic carbocycles. The average Bonchev–Trinajstić information content (AvgIpc) is 3.08. The Morgan fingerprint density at radius 1 is 1.37 bits per heavy atom. The van der Waals surface area contributed by atoms with Gasteiger partial charge in [-0.3, -0.25) is 0 Å². The number of aromatic nitrogens is 5. The van der Waals surface area contributed by atoms with Crippen molar-refractivity contribution >= 4 is 17.0 Å². The minimum absolute atomic E-state index is 0.591. The predicted molar refractivity (Wildman–Crippen MR) is 73.8 cm³/mol. The maximum absolute atomic E-state index is 4.41. The number of nitrogens with one attached hydrogen (secondary N) is 2. The summed E-state index contributed by atoms with van der Waals surface area (Å²) in [5, 5.41) is 20.4. The molecule has 0 saturated carbocycles. The lowest BCUT2D eigenvalue weighted by atomic mass is 10.2. The fourth-order valence-corrected chi connectivity index (χ4v) is 2.35. The molecule has 6 nitrogen and oxygen atoms in total. The molecule has 0 radical (unpaired) electrons. The normalized spacial score (nSPS) is 10.6. The summed E-state index contributed by atoms with van der Waals surface area (Å²) in [4.78, 5) is 4.41. The molecule has 2 N–H and O–H groups in total. The molecule has 7 heteroatoms. The van der Waals surface area contributed by atoms with Crippen LogP contribution < -0.4 is 5.32 Å². The van der Waals surface area contributed by atoms with Crippen molar-refractivity contribution in [3.05, 3.63) is 40.3 Å². The third-order valence-corrected chi connectivity index (χ3v) is 3.43. The number of benzene rings is 1. The Balaban J connectivity index is 1.73. The first-order valence-corrected chi connectivity index (χ1v) is 6.68. The highest BCUT2D eigenvalue weighted by Crippen LogP contribution is 2.19. The molecular weight excluding hydrogens is 260 g/mol. The van der Waals surface area contributed by atoms with Crippen molar-refractivity contribution in [2.45, 2.75) is 13.5 Å². The van der Waals surface area contributed by atoms with E-state index in [-0.39, 0.29) is 0 Å². The van der Waals surface area contributed by atoms with Gasteiger partial charge in [0.05, 0.1) is 17.2 Å². The van der Waals surface area contributed by atoms with Gasteiger partial charge in [-0.1, -0.05) is 12.1 Å². The van der Waals surface area contributed by atoms with Gasteiger partial charge in [-0.2, -0.15) is 5.21 Å². The number of hydrogen-bond donors (Lipinski definition) is 2. The number of aryl methyl sites for hydroxylation is 1. The molecule has 0 fully saturated rings. The lowest BCUT2D eigenvalue weighted by molar-refractivity contribution is 0.881. The summed E-state index contributed by atoms with van der Waals surface area (Å²) in [6, 6.07) is 7.90. The summed E-state index contributed by atoms with van der Waals surface area (Å²) in [5.74, 6) is 0.591. The molecule has 96 valence electrons. The van der Waals surface area contributed by atoms with Crippen molar-refractivity contribution in [1.82, 2.24) is 25.6 Å². The molecule has 0 bridgehead atoms. The molecular formula is C12H12N6S. The highest BCUT2D eigenvalue weighted by molar-refractivity contribution is 7.09. The Bertz CT molecular complexity index is 660. The number of thiazole rings is 1. The minimum Gasteiger partial charge on any atom is -0.379 e. The lowest BCUT2D eigenvalue weighted by Gasteiger charge is -2.05. The second-order valence-corrected chi connectivity index (χ2v) is 5.09. The second-order valence-electron chi connectivity index (χ2n) is 4.03. The Hall–Kier alpha value is -2.28. The Kier molecular flexibility index (Phi) is 3.20. The van der Waals surface area contributed by atoms with Gasteiger partial charge in [0.25, 0.3) is 0 Å². The summed E-state index contributed by atoms with van der Waals surface area (Å²) in [6.07, 6.45) is 0. The standard InChI is InChI=1S/C12H12N6S/c1-8-14-11(7-19-8)6-13-10-4-2-3-9(5-10)12-15-17-18-16-12/h2-5,7,13H,6H2,1H3,(H,15,16,17,18). The number of H-pyrrole nitrogens is 1. The van der Waals surface area contributed by atoms with Crippen LogP contribution >= 0.6 is 11.3 Å². The molecule has 3 aromatic rings. The zero-order chi connectivity index (χ0) is 13.1. The first kappa shape index (κ1) is 11.8. The molecule has 0 aliphatic heterocycles. The zero-order valence-corrected chi connectivity index (χ0v) is 11.1. The van der Waals surface area contributed by atoms with Crippen molar-refractivity contribution in [3.8, 4) is 11.4 Å². The molecule has 2 aromatic heterocycles. The van der Waals surface area contributed by atoms with Crippen LogP contribution in [0.2, 0.25) is 0 Å². The number of nitrogens with zero attached hydrogens (tertiary/aromatic N) is 4. The molecule has 0 amide bonds. The number of anilines is 1. The number of aromatic amines is 1. The highest BCUT2D eigenvalue weighted by Gasteiger charge is 2.04. The van der Waals surface area contributed by atoms with Gasteiger partial charge in [-0.15, -0.1) is 21.5 Å². The minimum atomic E-state index is 0.591. The summed E-state index contributed by atoms with van der Waals surface area (Å²) in [7, 11) is 0. The lowest BCUT2D eigenvalue weighted by Crippen LogP contribution is -1.99. The molecule has 3 rings (SSSR count).